The van der Waals surface area contributed by atoms with Gasteiger partial charge in [-0.05, 0) is 41.8 Å². The van der Waals surface area contributed by atoms with E-state index in [2.05, 4.69) is 10.9 Å². The summed E-state index contributed by atoms with van der Waals surface area (Å²) in [6, 6.07) is 13.1. The molecule has 0 atom stereocenters. The maximum Gasteiger partial charge on any atom is 0.242 e. The van der Waals surface area contributed by atoms with Crippen molar-refractivity contribution in [3.05, 3.63) is 65.5 Å². The van der Waals surface area contributed by atoms with Crippen LogP contribution in [0, 0.1) is 5.82 Å². The molecule has 2 amide bonds. The van der Waals surface area contributed by atoms with Crippen LogP contribution in [0.4, 0.5) is 4.39 Å². The summed E-state index contributed by atoms with van der Waals surface area (Å²) in [5.41, 5.74) is 6.36. The summed E-state index contributed by atoms with van der Waals surface area (Å²) in [6.07, 6.45) is 0.845. The average Bonchev–Trinajstić information content (AvgIpc) is 2.60. The molecule has 0 saturated carbocycles. The maximum atomic E-state index is 12.8. The number of amides is 2. The fraction of sp³-hybridized carbons (Fsp3) is 0.222. The molecule has 0 bridgehead atoms. The van der Waals surface area contributed by atoms with E-state index in [4.69, 9.17) is 4.74 Å². The number of ether oxygens (including phenoxy) is 1. The minimum absolute atomic E-state index is 0.0659. The van der Waals surface area contributed by atoms with E-state index in [0.29, 0.717) is 12.0 Å². The van der Waals surface area contributed by atoms with Crippen molar-refractivity contribution >= 4 is 11.8 Å². The summed E-state index contributed by atoms with van der Waals surface area (Å²) in [5.74, 6) is -0.271. The summed E-state index contributed by atoms with van der Waals surface area (Å²) >= 11 is 0. The highest BCUT2D eigenvalue weighted by atomic mass is 19.1. The van der Waals surface area contributed by atoms with Crippen LogP contribution in [-0.2, 0) is 22.4 Å². The van der Waals surface area contributed by atoms with Crippen LogP contribution >= 0.6 is 0 Å². The van der Waals surface area contributed by atoms with Gasteiger partial charge >= 0.3 is 0 Å². The van der Waals surface area contributed by atoms with Crippen LogP contribution in [0.2, 0.25) is 0 Å². The number of carbonyl (C=O) groups is 2. The number of aryl methyl sites for hydroxylation is 1. The lowest BCUT2D eigenvalue weighted by Crippen LogP contribution is -2.42. The van der Waals surface area contributed by atoms with Crippen LogP contribution in [0.3, 0.4) is 0 Å². The molecular formula is C18H19FN2O3. The Kier molecular flexibility index (Phi) is 6.31. The van der Waals surface area contributed by atoms with E-state index >= 15 is 0 Å². The van der Waals surface area contributed by atoms with Crippen molar-refractivity contribution < 1.29 is 18.7 Å². The van der Waals surface area contributed by atoms with Crippen LogP contribution in [0.1, 0.15) is 17.5 Å². The van der Waals surface area contributed by atoms with Gasteiger partial charge in [0.25, 0.3) is 0 Å². The standard InChI is InChI=1S/C18H19FN2O3/c1-24-16-4-2-3-13(11-16)7-10-17(22)20-21-18(23)12-14-5-8-15(19)9-6-14/h2-6,8-9,11H,7,10,12H2,1H3,(H,20,22)(H,21,23). The molecule has 2 aromatic rings. The smallest absolute Gasteiger partial charge is 0.242 e. The van der Waals surface area contributed by atoms with E-state index < -0.39 is 0 Å². The molecule has 0 aliphatic heterocycles. The zero-order chi connectivity index (χ0) is 17.4. The molecule has 2 N–H and O–H groups in total. The first kappa shape index (κ1) is 17.5. The van der Waals surface area contributed by atoms with Gasteiger partial charge in [-0.25, -0.2) is 4.39 Å². The van der Waals surface area contributed by atoms with Gasteiger partial charge in [0.2, 0.25) is 11.8 Å². The van der Waals surface area contributed by atoms with E-state index in [1.807, 2.05) is 24.3 Å². The van der Waals surface area contributed by atoms with Gasteiger partial charge in [-0.2, -0.15) is 0 Å². The number of rotatable bonds is 6. The van der Waals surface area contributed by atoms with Gasteiger partial charge in [-0.15, -0.1) is 0 Å². The van der Waals surface area contributed by atoms with E-state index in [1.54, 1.807) is 7.11 Å². The third kappa shape index (κ3) is 5.72. The number of benzene rings is 2. The summed E-state index contributed by atoms with van der Waals surface area (Å²) in [7, 11) is 1.59. The highest BCUT2D eigenvalue weighted by molar-refractivity contribution is 5.83. The van der Waals surface area contributed by atoms with Gasteiger partial charge < -0.3 is 4.74 Å². The number of hydrogen-bond acceptors (Lipinski definition) is 3. The molecule has 0 saturated heterocycles. The zero-order valence-electron chi connectivity index (χ0n) is 13.3. The highest BCUT2D eigenvalue weighted by Crippen LogP contribution is 2.13. The van der Waals surface area contributed by atoms with Crippen LogP contribution in [-0.4, -0.2) is 18.9 Å². The Morgan fingerprint density at radius 1 is 1.00 bits per heavy atom. The first-order valence-corrected chi connectivity index (χ1v) is 7.52. The van der Waals surface area contributed by atoms with Gasteiger partial charge in [0.05, 0.1) is 13.5 Å². The minimum Gasteiger partial charge on any atom is -0.497 e. The predicted octanol–water partition coefficient (Wildman–Crippen LogP) is 2.16. The molecular weight excluding hydrogens is 311 g/mol. The number of methoxy groups -OCH3 is 1. The minimum atomic E-state index is -0.365. The van der Waals surface area contributed by atoms with E-state index in [-0.39, 0.29) is 30.5 Å². The molecule has 5 nitrogen and oxygen atoms in total. The predicted molar refractivity (Wildman–Crippen MR) is 87.7 cm³/mol. The molecule has 0 aliphatic carbocycles. The number of halogens is 1. The average molecular weight is 330 g/mol. The van der Waals surface area contributed by atoms with Gasteiger partial charge in [0.1, 0.15) is 11.6 Å². The molecule has 2 aromatic carbocycles. The van der Waals surface area contributed by atoms with Crippen molar-refractivity contribution in [3.63, 3.8) is 0 Å². The Hall–Kier alpha value is -2.89. The van der Waals surface area contributed by atoms with Gasteiger partial charge in [0, 0.05) is 6.42 Å². The quantitative estimate of drug-likeness (QED) is 0.798. The van der Waals surface area contributed by atoms with Crippen LogP contribution < -0.4 is 15.6 Å². The number of hydrazine groups is 1. The fourth-order valence-corrected chi connectivity index (χ4v) is 2.12. The maximum absolute atomic E-state index is 12.8. The molecule has 0 heterocycles. The molecule has 24 heavy (non-hydrogen) atoms. The molecule has 0 unspecified atom stereocenters. The lowest BCUT2D eigenvalue weighted by atomic mass is 10.1. The normalized spacial score (nSPS) is 10.1. The third-order valence-electron chi connectivity index (χ3n) is 3.39. The Balaban J connectivity index is 1.72. The van der Waals surface area contributed by atoms with Gasteiger partial charge in [-0.1, -0.05) is 24.3 Å². The van der Waals surface area contributed by atoms with Crippen LogP contribution in [0.5, 0.6) is 5.75 Å². The second kappa shape index (κ2) is 8.67. The molecule has 0 radical (unpaired) electrons. The fourth-order valence-electron chi connectivity index (χ4n) is 2.12. The highest BCUT2D eigenvalue weighted by Gasteiger charge is 2.07. The zero-order valence-corrected chi connectivity index (χ0v) is 13.3. The molecule has 0 fully saturated rings. The van der Waals surface area contributed by atoms with E-state index in [1.165, 1.54) is 24.3 Å². The van der Waals surface area contributed by atoms with Crippen molar-refractivity contribution in [1.29, 1.82) is 0 Å². The second-order valence-corrected chi connectivity index (χ2v) is 5.25. The molecule has 6 heteroatoms. The molecule has 0 spiro atoms. The SMILES string of the molecule is COc1cccc(CCC(=O)NNC(=O)Cc2ccc(F)cc2)c1. The Bertz CT molecular complexity index is 702. The largest absolute Gasteiger partial charge is 0.497 e. The summed E-state index contributed by atoms with van der Waals surface area (Å²) in [5, 5.41) is 0. The topological polar surface area (TPSA) is 67.4 Å². The Labute approximate surface area is 139 Å². The first-order valence-electron chi connectivity index (χ1n) is 7.52. The Morgan fingerprint density at radius 3 is 2.42 bits per heavy atom. The van der Waals surface area contributed by atoms with Gasteiger partial charge in [0.15, 0.2) is 0 Å². The van der Waals surface area contributed by atoms with Crippen molar-refractivity contribution in [2.24, 2.45) is 0 Å². The molecule has 126 valence electrons. The summed E-state index contributed by atoms with van der Waals surface area (Å²) in [4.78, 5) is 23.5. The van der Waals surface area contributed by atoms with Crippen molar-refractivity contribution in [2.75, 3.05) is 7.11 Å². The first-order chi connectivity index (χ1) is 11.6. The summed E-state index contributed by atoms with van der Waals surface area (Å²) in [6.45, 7) is 0. The van der Waals surface area contributed by atoms with Crippen LogP contribution in [0.15, 0.2) is 48.5 Å². The number of carbonyl (C=O) groups excluding carboxylic acids is 2. The number of hydrogen-bond donors (Lipinski definition) is 2. The molecule has 0 aliphatic rings. The van der Waals surface area contributed by atoms with Crippen molar-refractivity contribution in [2.45, 2.75) is 19.3 Å². The van der Waals surface area contributed by atoms with Gasteiger partial charge in [-0.3, -0.25) is 20.4 Å². The summed E-state index contributed by atoms with van der Waals surface area (Å²) < 4.78 is 17.9. The molecule has 0 aromatic heterocycles. The monoisotopic (exact) mass is 330 g/mol. The van der Waals surface area contributed by atoms with E-state index in [9.17, 15) is 14.0 Å². The van der Waals surface area contributed by atoms with Crippen molar-refractivity contribution in [3.8, 4) is 5.75 Å². The molecule has 2 rings (SSSR count). The van der Waals surface area contributed by atoms with Crippen LogP contribution in [0.25, 0.3) is 0 Å². The Morgan fingerprint density at radius 2 is 1.71 bits per heavy atom. The second-order valence-electron chi connectivity index (χ2n) is 5.25. The lowest BCUT2D eigenvalue weighted by Gasteiger charge is -2.08. The number of nitrogens with one attached hydrogen (secondary N) is 2. The van der Waals surface area contributed by atoms with E-state index in [0.717, 1.165) is 11.3 Å². The third-order valence-corrected chi connectivity index (χ3v) is 3.39. The lowest BCUT2D eigenvalue weighted by molar-refractivity contribution is -0.128. The van der Waals surface area contributed by atoms with Crippen molar-refractivity contribution in [1.82, 2.24) is 10.9 Å².